The average Bonchev–Trinajstić information content (AvgIpc) is 2.30. The van der Waals surface area contributed by atoms with Crippen LogP contribution in [0.1, 0.15) is 49.9 Å². The fourth-order valence-electron chi connectivity index (χ4n) is 2.79. The minimum absolute atomic E-state index is 0.104. The van der Waals surface area contributed by atoms with Gasteiger partial charge >= 0.3 is 5.97 Å². The maximum atomic E-state index is 11.0. The Labute approximate surface area is 113 Å². The molecule has 4 N–H and O–H groups in total. The zero-order valence-corrected chi connectivity index (χ0v) is 11.4. The van der Waals surface area contributed by atoms with Gasteiger partial charge in [0, 0.05) is 12.2 Å². The van der Waals surface area contributed by atoms with Crippen LogP contribution in [0.4, 0.5) is 11.5 Å². The Balaban J connectivity index is 2.15. The van der Waals surface area contributed by atoms with Crippen LogP contribution < -0.4 is 11.1 Å². The summed E-state index contributed by atoms with van der Waals surface area (Å²) in [6.45, 7) is 4.51. The monoisotopic (exact) mass is 263 g/mol. The fraction of sp³-hybridized carbons (Fsp3) is 0.571. The first-order valence-corrected chi connectivity index (χ1v) is 6.63. The first kappa shape index (κ1) is 13.6. The number of aromatic carboxylic acids is 1. The van der Waals surface area contributed by atoms with Crippen molar-refractivity contribution in [1.82, 2.24) is 4.98 Å². The van der Waals surface area contributed by atoms with Gasteiger partial charge in [0.15, 0.2) is 0 Å². The van der Waals surface area contributed by atoms with Gasteiger partial charge in [-0.2, -0.15) is 0 Å². The molecule has 0 saturated heterocycles. The van der Waals surface area contributed by atoms with E-state index in [0.717, 1.165) is 12.8 Å². The summed E-state index contributed by atoms with van der Waals surface area (Å²) in [6.07, 6.45) is 6.00. The Hall–Kier alpha value is -1.78. The van der Waals surface area contributed by atoms with Gasteiger partial charge in [-0.25, -0.2) is 9.78 Å². The molecule has 1 atom stereocenters. The van der Waals surface area contributed by atoms with Gasteiger partial charge in [-0.3, -0.25) is 0 Å². The largest absolute Gasteiger partial charge is 0.478 e. The van der Waals surface area contributed by atoms with E-state index < -0.39 is 5.97 Å². The molecule has 1 fully saturated rings. The maximum absolute atomic E-state index is 11.0. The van der Waals surface area contributed by atoms with Crippen LogP contribution in [0.25, 0.3) is 0 Å². The number of carboxylic acid groups (broad SMARTS) is 1. The summed E-state index contributed by atoms with van der Waals surface area (Å²) in [4.78, 5) is 15.2. The molecule has 2 rings (SSSR count). The smallest absolute Gasteiger partial charge is 0.337 e. The predicted molar refractivity (Wildman–Crippen MR) is 75.3 cm³/mol. The van der Waals surface area contributed by atoms with E-state index in [4.69, 9.17) is 10.8 Å². The summed E-state index contributed by atoms with van der Waals surface area (Å²) < 4.78 is 0. The zero-order chi connectivity index (χ0) is 14.0. The quantitative estimate of drug-likeness (QED) is 0.780. The molecule has 0 radical (unpaired) electrons. The lowest BCUT2D eigenvalue weighted by atomic mass is 9.75. The lowest BCUT2D eigenvalue weighted by molar-refractivity contribution is 0.0698. The normalized spacial score (nSPS) is 21.9. The Morgan fingerprint density at radius 2 is 2.32 bits per heavy atom. The molecule has 1 aliphatic rings. The molecular weight excluding hydrogens is 242 g/mol. The van der Waals surface area contributed by atoms with Gasteiger partial charge in [-0.1, -0.05) is 20.3 Å². The molecule has 1 aromatic rings. The van der Waals surface area contributed by atoms with E-state index in [1.807, 2.05) is 0 Å². The lowest BCUT2D eigenvalue weighted by Gasteiger charge is -2.36. The highest BCUT2D eigenvalue weighted by molar-refractivity contribution is 5.96. The summed E-state index contributed by atoms with van der Waals surface area (Å²) in [6, 6.07) is 1.73. The van der Waals surface area contributed by atoms with Crippen LogP contribution in [0, 0.1) is 5.41 Å². The number of nitrogens with two attached hydrogens (primary N) is 1. The molecule has 1 saturated carbocycles. The second kappa shape index (κ2) is 5.07. The van der Waals surface area contributed by atoms with Crippen molar-refractivity contribution in [3.63, 3.8) is 0 Å². The van der Waals surface area contributed by atoms with Gasteiger partial charge in [-0.15, -0.1) is 0 Å². The number of nitrogen functional groups attached to an aromatic ring is 1. The number of hydrogen-bond donors (Lipinski definition) is 3. The summed E-state index contributed by atoms with van der Waals surface area (Å²) in [7, 11) is 0. The third-order valence-electron chi connectivity index (χ3n) is 3.77. The summed E-state index contributed by atoms with van der Waals surface area (Å²) in [5.41, 5.74) is 6.50. The van der Waals surface area contributed by atoms with Crippen LogP contribution in [-0.4, -0.2) is 22.1 Å². The van der Waals surface area contributed by atoms with E-state index in [-0.39, 0.29) is 11.3 Å². The summed E-state index contributed by atoms with van der Waals surface area (Å²) in [5, 5.41) is 12.3. The van der Waals surface area contributed by atoms with E-state index in [9.17, 15) is 4.79 Å². The number of rotatable bonds is 3. The third kappa shape index (κ3) is 3.16. The van der Waals surface area contributed by atoms with Crippen LogP contribution >= 0.6 is 0 Å². The molecule has 0 spiro atoms. The summed E-state index contributed by atoms with van der Waals surface area (Å²) >= 11 is 0. The van der Waals surface area contributed by atoms with Gasteiger partial charge in [-0.05, 0) is 30.7 Å². The SMILES string of the molecule is CC1(C)CCCC(Nc2nccc(C(=O)O)c2N)C1. The number of carboxylic acids is 1. The van der Waals surface area contributed by atoms with Gasteiger partial charge in [0.05, 0.1) is 11.3 Å². The van der Waals surface area contributed by atoms with E-state index in [1.165, 1.54) is 25.1 Å². The molecule has 0 amide bonds. The van der Waals surface area contributed by atoms with Crippen molar-refractivity contribution in [2.24, 2.45) is 5.41 Å². The van der Waals surface area contributed by atoms with Crippen molar-refractivity contribution >= 4 is 17.5 Å². The van der Waals surface area contributed by atoms with E-state index in [1.54, 1.807) is 0 Å². The number of aromatic nitrogens is 1. The van der Waals surface area contributed by atoms with Crippen LogP contribution in [0.5, 0.6) is 0 Å². The first-order chi connectivity index (χ1) is 8.89. The highest BCUT2D eigenvalue weighted by atomic mass is 16.4. The van der Waals surface area contributed by atoms with Gasteiger partial charge in [0.1, 0.15) is 5.82 Å². The minimum Gasteiger partial charge on any atom is -0.478 e. The van der Waals surface area contributed by atoms with Crippen LogP contribution in [0.3, 0.4) is 0 Å². The molecule has 104 valence electrons. The standard InChI is InChI=1S/C14H21N3O2/c1-14(2)6-3-4-9(8-14)17-12-11(15)10(13(18)19)5-7-16-12/h5,7,9H,3-4,6,8,15H2,1-2H3,(H,16,17)(H,18,19). The number of hydrogen-bond acceptors (Lipinski definition) is 4. The molecule has 1 heterocycles. The van der Waals surface area contributed by atoms with E-state index in [2.05, 4.69) is 24.1 Å². The van der Waals surface area contributed by atoms with Crippen LogP contribution in [-0.2, 0) is 0 Å². The van der Waals surface area contributed by atoms with Crippen molar-refractivity contribution < 1.29 is 9.90 Å². The zero-order valence-electron chi connectivity index (χ0n) is 11.4. The number of carbonyl (C=O) groups is 1. The molecule has 1 aromatic heterocycles. The highest BCUT2D eigenvalue weighted by Gasteiger charge is 2.28. The Morgan fingerprint density at radius 1 is 1.58 bits per heavy atom. The van der Waals surface area contributed by atoms with Gasteiger partial charge in [0.25, 0.3) is 0 Å². The van der Waals surface area contributed by atoms with Gasteiger partial charge < -0.3 is 16.2 Å². The van der Waals surface area contributed by atoms with Crippen molar-refractivity contribution in [3.8, 4) is 0 Å². The number of pyridine rings is 1. The van der Waals surface area contributed by atoms with Crippen molar-refractivity contribution in [2.45, 2.75) is 45.6 Å². The maximum Gasteiger partial charge on any atom is 0.337 e. The molecular formula is C14H21N3O2. The van der Waals surface area contributed by atoms with Gasteiger partial charge in [0.2, 0.25) is 0 Å². The fourth-order valence-corrected chi connectivity index (χ4v) is 2.79. The third-order valence-corrected chi connectivity index (χ3v) is 3.77. The molecule has 5 nitrogen and oxygen atoms in total. The number of anilines is 2. The summed E-state index contributed by atoms with van der Waals surface area (Å²) in [5.74, 6) is -0.533. The second-order valence-corrected chi connectivity index (χ2v) is 6.03. The molecule has 5 heteroatoms. The lowest BCUT2D eigenvalue weighted by Crippen LogP contribution is -2.32. The van der Waals surface area contributed by atoms with E-state index in [0.29, 0.717) is 17.3 Å². The Bertz CT molecular complexity index is 486. The molecule has 0 aromatic carbocycles. The van der Waals surface area contributed by atoms with Crippen molar-refractivity contribution in [3.05, 3.63) is 17.8 Å². The van der Waals surface area contributed by atoms with Crippen LogP contribution in [0.2, 0.25) is 0 Å². The highest BCUT2D eigenvalue weighted by Crippen LogP contribution is 2.36. The number of nitrogens with one attached hydrogen (secondary N) is 1. The van der Waals surface area contributed by atoms with Crippen molar-refractivity contribution in [1.29, 1.82) is 0 Å². The molecule has 1 aliphatic carbocycles. The van der Waals surface area contributed by atoms with E-state index >= 15 is 0 Å². The predicted octanol–water partition coefficient (Wildman–Crippen LogP) is 2.74. The minimum atomic E-state index is -1.02. The first-order valence-electron chi connectivity index (χ1n) is 6.63. The Kier molecular flexibility index (Phi) is 3.64. The average molecular weight is 263 g/mol. The topological polar surface area (TPSA) is 88.2 Å². The molecule has 19 heavy (non-hydrogen) atoms. The Morgan fingerprint density at radius 3 is 2.95 bits per heavy atom. The second-order valence-electron chi connectivity index (χ2n) is 6.03. The molecule has 1 unspecified atom stereocenters. The number of nitrogens with zero attached hydrogens (tertiary/aromatic N) is 1. The molecule has 0 bridgehead atoms. The molecule has 0 aliphatic heterocycles. The van der Waals surface area contributed by atoms with Crippen LogP contribution in [0.15, 0.2) is 12.3 Å². The van der Waals surface area contributed by atoms with Crippen molar-refractivity contribution in [2.75, 3.05) is 11.1 Å².